The van der Waals surface area contributed by atoms with Crippen LogP contribution in [-0.2, 0) is 25.7 Å². The lowest BCUT2D eigenvalue weighted by atomic mass is 9.88. The molecule has 1 aliphatic heterocycles. The third-order valence-electron chi connectivity index (χ3n) is 7.27. The molecule has 2 aromatic heterocycles. The van der Waals surface area contributed by atoms with Gasteiger partial charge in [-0.3, -0.25) is 14.5 Å². The lowest BCUT2D eigenvalue weighted by Crippen LogP contribution is -2.24. The lowest BCUT2D eigenvalue weighted by Gasteiger charge is -2.23. The SMILES string of the molecule is Cn1cc2c(-c3cc(F)c(CN4Cc5ncccc5C4=O)c(F)c3)ccc(C3(O)CCCC3)c2n1. The first-order valence-corrected chi connectivity index (χ1v) is 11.7. The van der Waals surface area contributed by atoms with E-state index in [4.69, 9.17) is 0 Å². The summed E-state index contributed by atoms with van der Waals surface area (Å²) in [5.41, 5.74) is 2.40. The topological polar surface area (TPSA) is 71.2 Å². The summed E-state index contributed by atoms with van der Waals surface area (Å²) in [6, 6.07) is 9.58. The van der Waals surface area contributed by atoms with Crippen molar-refractivity contribution in [1.29, 1.82) is 0 Å². The number of benzene rings is 2. The molecule has 35 heavy (non-hydrogen) atoms. The molecule has 1 aliphatic carbocycles. The van der Waals surface area contributed by atoms with Crippen molar-refractivity contribution in [3.8, 4) is 11.1 Å². The summed E-state index contributed by atoms with van der Waals surface area (Å²) in [6.07, 6.45) is 6.65. The largest absolute Gasteiger partial charge is 0.385 e. The predicted molar refractivity (Wildman–Crippen MR) is 126 cm³/mol. The van der Waals surface area contributed by atoms with Gasteiger partial charge in [-0.25, -0.2) is 8.78 Å². The number of halogens is 2. The molecular formula is C27H24F2N4O2. The molecule has 0 atom stereocenters. The predicted octanol–water partition coefficient (Wildman–Crippen LogP) is 4.83. The van der Waals surface area contributed by atoms with Gasteiger partial charge in [-0.05, 0) is 48.2 Å². The Kier molecular flexibility index (Phi) is 4.96. The van der Waals surface area contributed by atoms with Crippen molar-refractivity contribution in [3.63, 3.8) is 0 Å². The summed E-state index contributed by atoms with van der Waals surface area (Å²) in [4.78, 5) is 18.2. The van der Waals surface area contributed by atoms with E-state index in [1.165, 1.54) is 17.0 Å². The maximum absolute atomic E-state index is 15.2. The van der Waals surface area contributed by atoms with Crippen LogP contribution in [0.2, 0.25) is 0 Å². The van der Waals surface area contributed by atoms with Crippen LogP contribution in [0.25, 0.3) is 22.0 Å². The second-order valence-electron chi connectivity index (χ2n) is 9.54. The summed E-state index contributed by atoms with van der Waals surface area (Å²) in [5, 5.41) is 16.5. The number of hydrogen-bond acceptors (Lipinski definition) is 4. The van der Waals surface area contributed by atoms with Crippen LogP contribution in [0.4, 0.5) is 8.78 Å². The second-order valence-corrected chi connectivity index (χ2v) is 9.54. The molecule has 1 amide bonds. The number of aliphatic hydroxyl groups is 1. The number of hydrogen-bond donors (Lipinski definition) is 1. The average Bonchev–Trinajstić information content (AvgIpc) is 3.53. The zero-order chi connectivity index (χ0) is 24.3. The minimum Gasteiger partial charge on any atom is -0.385 e. The second kappa shape index (κ2) is 7.95. The van der Waals surface area contributed by atoms with Crippen molar-refractivity contribution in [1.82, 2.24) is 19.7 Å². The molecule has 0 unspecified atom stereocenters. The Labute approximate surface area is 200 Å². The number of aryl methyl sites for hydroxylation is 1. The smallest absolute Gasteiger partial charge is 0.256 e. The number of amides is 1. The molecule has 1 N–H and O–H groups in total. The van der Waals surface area contributed by atoms with Crippen molar-refractivity contribution in [2.24, 2.45) is 7.05 Å². The van der Waals surface area contributed by atoms with Crippen molar-refractivity contribution in [2.75, 3.05) is 0 Å². The Bertz CT molecular complexity index is 1470. The summed E-state index contributed by atoms with van der Waals surface area (Å²) < 4.78 is 32.1. The van der Waals surface area contributed by atoms with Gasteiger partial charge in [0.2, 0.25) is 0 Å². The monoisotopic (exact) mass is 474 g/mol. The summed E-state index contributed by atoms with van der Waals surface area (Å²) in [7, 11) is 1.79. The first-order chi connectivity index (χ1) is 16.8. The number of carbonyl (C=O) groups excluding carboxylic acids is 1. The van der Waals surface area contributed by atoms with Crippen molar-refractivity contribution in [2.45, 2.75) is 44.4 Å². The van der Waals surface area contributed by atoms with Crippen LogP contribution in [0.5, 0.6) is 0 Å². The molecule has 6 rings (SSSR count). The van der Waals surface area contributed by atoms with Gasteiger partial charge in [-0.2, -0.15) is 5.10 Å². The molecular weight excluding hydrogens is 450 g/mol. The van der Waals surface area contributed by atoms with E-state index in [1.807, 2.05) is 12.3 Å². The molecule has 2 aliphatic rings. The standard InChI is InChI=1S/C27H24F2N4O2/c1-32-13-19-17(6-7-21(25(19)31-32)27(35)8-2-3-9-27)16-11-22(28)20(23(29)12-16)14-33-15-24-18(26(33)34)5-4-10-30-24/h4-7,10-13,35H,2-3,8-9,14-15H2,1H3. The Balaban J connectivity index is 1.37. The molecule has 1 fully saturated rings. The molecule has 0 spiro atoms. The number of rotatable bonds is 4. The maximum Gasteiger partial charge on any atom is 0.256 e. The van der Waals surface area contributed by atoms with Crippen LogP contribution in [-0.4, -0.2) is 30.7 Å². The van der Waals surface area contributed by atoms with E-state index in [9.17, 15) is 9.90 Å². The van der Waals surface area contributed by atoms with E-state index in [-0.39, 0.29) is 24.6 Å². The molecule has 0 saturated heterocycles. The normalized spacial score (nSPS) is 16.9. The van der Waals surface area contributed by atoms with E-state index >= 15 is 8.78 Å². The number of carbonyl (C=O) groups is 1. The van der Waals surface area contributed by atoms with Gasteiger partial charge in [0, 0.05) is 36.0 Å². The van der Waals surface area contributed by atoms with Crippen LogP contribution in [0.15, 0.2) is 48.8 Å². The van der Waals surface area contributed by atoms with E-state index in [2.05, 4.69) is 10.1 Å². The summed E-state index contributed by atoms with van der Waals surface area (Å²) in [6.45, 7) is 0.0394. The van der Waals surface area contributed by atoms with Crippen LogP contribution in [0.1, 0.15) is 52.9 Å². The minimum absolute atomic E-state index is 0.158. The molecule has 0 bridgehead atoms. The van der Waals surface area contributed by atoms with E-state index < -0.39 is 17.2 Å². The molecule has 6 nitrogen and oxygen atoms in total. The molecule has 3 heterocycles. The Hall–Kier alpha value is -3.65. The quantitative estimate of drug-likeness (QED) is 0.460. The zero-order valence-corrected chi connectivity index (χ0v) is 19.3. The molecule has 0 radical (unpaired) electrons. The van der Waals surface area contributed by atoms with E-state index in [0.29, 0.717) is 40.7 Å². The molecule has 178 valence electrons. The van der Waals surface area contributed by atoms with Crippen molar-refractivity contribution >= 4 is 16.8 Å². The fourth-order valence-electron chi connectivity index (χ4n) is 5.49. The zero-order valence-electron chi connectivity index (χ0n) is 19.3. The summed E-state index contributed by atoms with van der Waals surface area (Å²) in [5.74, 6) is -1.71. The Morgan fingerprint density at radius 2 is 1.83 bits per heavy atom. The minimum atomic E-state index is -0.930. The van der Waals surface area contributed by atoms with Gasteiger partial charge in [0.25, 0.3) is 5.91 Å². The first-order valence-electron chi connectivity index (χ1n) is 11.7. The fraction of sp³-hybridized carbons (Fsp3) is 0.296. The van der Waals surface area contributed by atoms with E-state index in [1.54, 1.807) is 36.1 Å². The number of fused-ring (bicyclic) bond motifs is 2. The number of nitrogens with zero attached hydrogens (tertiary/aromatic N) is 4. The van der Waals surface area contributed by atoms with Gasteiger partial charge >= 0.3 is 0 Å². The average molecular weight is 475 g/mol. The first kappa shape index (κ1) is 21.9. The lowest BCUT2D eigenvalue weighted by molar-refractivity contribution is 0.0458. The highest BCUT2D eigenvalue weighted by Gasteiger charge is 2.36. The van der Waals surface area contributed by atoms with Gasteiger partial charge in [0.1, 0.15) is 11.6 Å². The van der Waals surface area contributed by atoms with Gasteiger partial charge in [0.05, 0.1) is 35.5 Å². The highest BCUT2D eigenvalue weighted by atomic mass is 19.1. The molecule has 4 aromatic rings. The highest BCUT2D eigenvalue weighted by molar-refractivity contribution is 5.98. The highest BCUT2D eigenvalue weighted by Crippen LogP contribution is 2.43. The van der Waals surface area contributed by atoms with Crippen molar-refractivity contribution in [3.05, 3.63) is 82.8 Å². The number of pyridine rings is 1. The van der Waals surface area contributed by atoms with Gasteiger partial charge in [-0.1, -0.05) is 25.0 Å². The third-order valence-corrected chi connectivity index (χ3v) is 7.27. The summed E-state index contributed by atoms with van der Waals surface area (Å²) >= 11 is 0. The van der Waals surface area contributed by atoms with E-state index in [0.717, 1.165) is 23.8 Å². The van der Waals surface area contributed by atoms with Gasteiger partial charge in [0.15, 0.2) is 0 Å². The van der Waals surface area contributed by atoms with Gasteiger partial charge in [-0.15, -0.1) is 0 Å². The van der Waals surface area contributed by atoms with Crippen LogP contribution >= 0.6 is 0 Å². The van der Waals surface area contributed by atoms with Crippen LogP contribution in [0, 0.1) is 11.6 Å². The molecule has 8 heteroatoms. The Morgan fingerprint density at radius 3 is 2.54 bits per heavy atom. The van der Waals surface area contributed by atoms with Gasteiger partial charge < -0.3 is 10.0 Å². The fourth-order valence-corrected chi connectivity index (χ4v) is 5.49. The third kappa shape index (κ3) is 3.51. The van der Waals surface area contributed by atoms with Crippen LogP contribution in [0.3, 0.4) is 0 Å². The van der Waals surface area contributed by atoms with Crippen LogP contribution < -0.4 is 0 Å². The molecule has 2 aromatic carbocycles. The molecule has 1 saturated carbocycles. The van der Waals surface area contributed by atoms with Crippen molar-refractivity contribution < 1.29 is 18.7 Å². The maximum atomic E-state index is 15.2. The Morgan fingerprint density at radius 1 is 1.09 bits per heavy atom. The number of aromatic nitrogens is 3.